The van der Waals surface area contributed by atoms with E-state index in [9.17, 15) is 15.3 Å². The third-order valence-electron chi connectivity index (χ3n) is 4.05. The summed E-state index contributed by atoms with van der Waals surface area (Å²) >= 11 is 0. The van der Waals surface area contributed by atoms with E-state index in [0.29, 0.717) is 6.42 Å². The molecule has 0 aliphatic heterocycles. The largest absolute Gasteiger partial charge is 0.395 e. The monoisotopic (exact) mass is 252 g/mol. The Hall–Kier alpha value is -0.900. The van der Waals surface area contributed by atoms with Crippen molar-refractivity contribution in [2.45, 2.75) is 27.2 Å². The zero-order chi connectivity index (χ0) is 14.0. The number of aliphatic hydroxyl groups is 3. The molecule has 3 N–H and O–H groups in total. The first-order valence-corrected chi connectivity index (χ1v) is 6.28. The number of hydrogen-bond acceptors (Lipinski definition) is 3. The highest BCUT2D eigenvalue weighted by atomic mass is 16.3. The van der Waals surface area contributed by atoms with Crippen LogP contribution >= 0.6 is 0 Å². The molecule has 1 aliphatic rings. The predicted octanol–water partition coefficient (Wildman–Crippen LogP) is 1.81. The lowest BCUT2D eigenvalue weighted by atomic mass is 9.77. The smallest absolute Gasteiger partial charge is 0.0681 e. The fraction of sp³-hybridized carbons (Fsp3) is 0.600. The Bertz CT molecular complexity index is 395. The summed E-state index contributed by atoms with van der Waals surface area (Å²) < 4.78 is 0. The van der Waals surface area contributed by atoms with Crippen molar-refractivity contribution in [3.63, 3.8) is 0 Å². The summed E-state index contributed by atoms with van der Waals surface area (Å²) in [5, 5.41) is 28.9. The molecule has 0 bridgehead atoms. The van der Waals surface area contributed by atoms with Crippen LogP contribution in [0.1, 0.15) is 27.2 Å². The van der Waals surface area contributed by atoms with Gasteiger partial charge in [-0.3, -0.25) is 0 Å². The van der Waals surface area contributed by atoms with E-state index in [1.807, 2.05) is 26.8 Å². The molecule has 1 aliphatic carbocycles. The molecule has 3 heteroatoms. The molecule has 0 amide bonds. The van der Waals surface area contributed by atoms with Crippen molar-refractivity contribution in [3.05, 3.63) is 35.5 Å². The van der Waals surface area contributed by atoms with Crippen molar-refractivity contribution >= 4 is 0 Å². The maximum Gasteiger partial charge on any atom is 0.0681 e. The van der Waals surface area contributed by atoms with E-state index < -0.39 is 10.8 Å². The van der Waals surface area contributed by atoms with E-state index >= 15 is 0 Å². The number of rotatable bonds is 5. The first-order valence-electron chi connectivity index (χ1n) is 6.28. The lowest BCUT2D eigenvalue weighted by Gasteiger charge is -2.29. The Kier molecular flexibility index (Phi) is 4.54. The van der Waals surface area contributed by atoms with Gasteiger partial charge in [0.25, 0.3) is 0 Å². The molecule has 1 rings (SSSR count). The summed E-state index contributed by atoms with van der Waals surface area (Å²) in [6.45, 7) is 9.56. The van der Waals surface area contributed by atoms with Gasteiger partial charge in [0.1, 0.15) is 0 Å². The van der Waals surface area contributed by atoms with Crippen molar-refractivity contribution in [3.8, 4) is 0 Å². The number of allylic oxidation sites excluding steroid dienone is 2. The summed E-state index contributed by atoms with van der Waals surface area (Å²) in [7, 11) is 0. The highest BCUT2D eigenvalue weighted by molar-refractivity contribution is 5.51. The van der Waals surface area contributed by atoms with Crippen molar-refractivity contribution in [1.82, 2.24) is 0 Å². The SMILES string of the molecule is C=CC1=C(C(=CC)CO)C(C)(CO)CC1(C)CO. The van der Waals surface area contributed by atoms with Gasteiger partial charge in [0.05, 0.1) is 19.8 Å². The van der Waals surface area contributed by atoms with Gasteiger partial charge in [-0.05, 0) is 30.1 Å². The minimum Gasteiger partial charge on any atom is -0.395 e. The van der Waals surface area contributed by atoms with Crippen LogP contribution in [0, 0.1) is 10.8 Å². The standard InChI is InChI=1S/C15H24O3/c1-5-11(7-16)13-12(6-2)14(3,9-17)8-15(13,4)10-18/h5-6,16-18H,2,7-10H2,1,3-4H3. The Morgan fingerprint density at radius 2 is 1.78 bits per heavy atom. The molecule has 0 aromatic carbocycles. The second-order valence-electron chi connectivity index (χ2n) is 5.58. The average Bonchev–Trinajstić information content (AvgIpc) is 2.61. The highest BCUT2D eigenvalue weighted by Gasteiger charge is 2.48. The van der Waals surface area contributed by atoms with Crippen LogP contribution in [0.25, 0.3) is 0 Å². The van der Waals surface area contributed by atoms with Crippen LogP contribution < -0.4 is 0 Å². The van der Waals surface area contributed by atoms with Crippen LogP contribution in [0.2, 0.25) is 0 Å². The third-order valence-corrected chi connectivity index (χ3v) is 4.05. The summed E-state index contributed by atoms with van der Waals surface area (Å²) in [5.74, 6) is 0. The average molecular weight is 252 g/mol. The van der Waals surface area contributed by atoms with Gasteiger partial charge >= 0.3 is 0 Å². The van der Waals surface area contributed by atoms with Crippen molar-refractivity contribution < 1.29 is 15.3 Å². The van der Waals surface area contributed by atoms with E-state index in [2.05, 4.69) is 6.58 Å². The second-order valence-corrected chi connectivity index (χ2v) is 5.58. The van der Waals surface area contributed by atoms with Crippen molar-refractivity contribution in [1.29, 1.82) is 0 Å². The fourth-order valence-electron chi connectivity index (χ4n) is 3.17. The molecule has 0 heterocycles. The molecule has 2 unspecified atom stereocenters. The topological polar surface area (TPSA) is 60.7 Å². The summed E-state index contributed by atoms with van der Waals surface area (Å²) in [5.41, 5.74) is 1.83. The van der Waals surface area contributed by atoms with Crippen LogP contribution in [-0.4, -0.2) is 35.1 Å². The third kappa shape index (κ3) is 2.18. The summed E-state index contributed by atoms with van der Waals surface area (Å²) in [4.78, 5) is 0. The van der Waals surface area contributed by atoms with Crippen LogP contribution in [0.4, 0.5) is 0 Å². The van der Waals surface area contributed by atoms with E-state index in [4.69, 9.17) is 0 Å². The number of aliphatic hydroxyl groups excluding tert-OH is 3. The van der Waals surface area contributed by atoms with E-state index in [-0.39, 0.29) is 19.8 Å². The van der Waals surface area contributed by atoms with Crippen LogP contribution in [-0.2, 0) is 0 Å². The minimum absolute atomic E-state index is 0.00734. The molecule has 0 saturated carbocycles. The Labute approximate surface area is 109 Å². The zero-order valence-corrected chi connectivity index (χ0v) is 11.5. The molecular formula is C15H24O3. The van der Waals surface area contributed by atoms with Crippen LogP contribution in [0.3, 0.4) is 0 Å². The maximum absolute atomic E-state index is 9.72. The quantitative estimate of drug-likeness (QED) is 0.699. The molecule has 0 spiro atoms. The normalized spacial score (nSPS) is 33.1. The summed E-state index contributed by atoms with van der Waals surface area (Å²) in [6.07, 6.45) is 4.25. The molecule has 2 atom stereocenters. The van der Waals surface area contributed by atoms with E-state index in [1.165, 1.54) is 0 Å². The lowest BCUT2D eigenvalue weighted by Crippen LogP contribution is -2.27. The Morgan fingerprint density at radius 1 is 1.22 bits per heavy atom. The number of hydrogen-bond donors (Lipinski definition) is 3. The van der Waals surface area contributed by atoms with Gasteiger partial charge in [0.15, 0.2) is 0 Å². The molecule has 18 heavy (non-hydrogen) atoms. The molecule has 0 saturated heterocycles. The molecule has 0 aromatic heterocycles. The van der Waals surface area contributed by atoms with Gasteiger partial charge in [-0.15, -0.1) is 0 Å². The first-order chi connectivity index (χ1) is 8.42. The molecule has 102 valence electrons. The highest BCUT2D eigenvalue weighted by Crippen LogP contribution is 2.55. The Balaban J connectivity index is 3.50. The van der Waals surface area contributed by atoms with E-state index in [1.54, 1.807) is 6.08 Å². The van der Waals surface area contributed by atoms with E-state index in [0.717, 1.165) is 16.7 Å². The maximum atomic E-state index is 9.72. The van der Waals surface area contributed by atoms with Crippen molar-refractivity contribution in [2.24, 2.45) is 10.8 Å². The summed E-state index contributed by atoms with van der Waals surface area (Å²) in [6, 6.07) is 0. The molecule has 0 fully saturated rings. The van der Waals surface area contributed by atoms with Gasteiger partial charge in [0, 0.05) is 10.8 Å². The minimum atomic E-state index is -0.439. The van der Waals surface area contributed by atoms with Gasteiger partial charge in [0.2, 0.25) is 0 Å². The van der Waals surface area contributed by atoms with Crippen LogP contribution in [0.15, 0.2) is 35.5 Å². The lowest BCUT2D eigenvalue weighted by molar-refractivity contribution is 0.110. The first kappa shape index (κ1) is 15.2. The molecular weight excluding hydrogens is 228 g/mol. The molecule has 3 nitrogen and oxygen atoms in total. The molecule has 0 radical (unpaired) electrons. The zero-order valence-electron chi connectivity index (χ0n) is 11.5. The van der Waals surface area contributed by atoms with Gasteiger partial charge in [-0.2, -0.15) is 0 Å². The van der Waals surface area contributed by atoms with Crippen LogP contribution in [0.5, 0.6) is 0 Å². The second kappa shape index (κ2) is 5.39. The Morgan fingerprint density at radius 3 is 2.11 bits per heavy atom. The van der Waals surface area contributed by atoms with Crippen molar-refractivity contribution in [2.75, 3.05) is 19.8 Å². The fourth-order valence-corrected chi connectivity index (χ4v) is 3.17. The van der Waals surface area contributed by atoms with Gasteiger partial charge in [-0.25, -0.2) is 0 Å². The predicted molar refractivity (Wildman–Crippen MR) is 73.1 cm³/mol. The van der Waals surface area contributed by atoms with Gasteiger partial charge in [-0.1, -0.05) is 32.6 Å². The molecule has 0 aromatic rings. The van der Waals surface area contributed by atoms with Gasteiger partial charge < -0.3 is 15.3 Å².